The largest absolute Gasteiger partial charge is 0.480 e. The number of rotatable bonds is 3. The fourth-order valence-corrected chi connectivity index (χ4v) is 1.96. The van der Waals surface area contributed by atoms with E-state index in [4.69, 9.17) is 5.11 Å². The summed E-state index contributed by atoms with van der Waals surface area (Å²) in [7, 11) is 0. The predicted molar refractivity (Wildman–Crippen MR) is 72.3 cm³/mol. The molecule has 0 bridgehead atoms. The second-order valence-corrected chi connectivity index (χ2v) is 4.75. The van der Waals surface area contributed by atoms with Gasteiger partial charge in [-0.25, -0.2) is 9.59 Å². The first-order chi connectivity index (χ1) is 9.97. The fraction of sp³-hybridized carbons (Fsp3) is 0.385. The lowest BCUT2D eigenvalue weighted by atomic mass is 10.2. The number of carboxylic acids is 1. The number of amides is 3. The molecule has 1 atom stereocenters. The van der Waals surface area contributed by atoms with Crippen molar-refractivity contribution in [1.29, 1.82) is 0 Å². The Morgan fingerprint density at radius 2 is 2.29 bits per heavy atom. The zero-order valence-corrected chi connectivity index (χ0v) is 11.5. The lowest BCUT2D eigenvalue weighted by molar-refractivity contribution is -0.144. The molecule has 1 aromatic heterocycles. The maximum atomic E-state index is 12.0. The Labute approximate surface area is 121 Å². The lowest BCUT2D eigenvalue weighted by Gasteiger charge is -2.32. The van der Waals surface area contributed by atoms with Gasteiger partial charge in [-0.2, -0.15) is 0 Å². The van der Waals surface area contributed by atoms with Crippen molar-refractivity contribution < 1.29 is 19.5 Å². The van der Waals surface area contributed by atoms with E-state index in [1.165, 1.54) is 0 Å². The van der Waals surface area contributed by atoms with Crippen LogP contribution in [-0.2, 0) is 16.1 Å². The summed E-state index contributed by atoms with van der Waals surface area (Å²) in [6.07, 6.45) is 1.63. The summed E-state index contributed by atoms with van der Waals surface area (Å²) in [5.74, 6) is -1.53. The molecule has 112 valence electrons. The molecule has 2 heterocycles. The Bertz CT molecular complexity index is 558. The number of carboxylic acid groups (broad SMARTS) is 1. The van der Waals surface area contributed by atoms with Crippen LogP contribution in [0.5, 0.6) is 0 Å². The van der Waals surface area contributed by atoms with E-state index in [9.17, 15) is 14.4 Å². The van der Waals surface area contributed by atoms with E-state index in [1.807, 2.05) is 19.1 Å². The number of aliphatic carboxylic acids is 1. The summed E-state index contributed by atoms with van der Waals surface area (Å²) in [6, 6.07) is 1.99. The van der Waals surface area contributed by atoms with E-state index in [0.29, 0.717) is 0 Å². The highest BCUT2D eigenvalue weighted by molar-refractivity contribution is 5.90. The van der Waals surface area contributed by atoms with Gasteiger partial charge in [0.1, 0.15) is 12.6 Å². The van der Waals surface area contributed by atoms with Crippen LogP contribution in [0.4, 0.5) is 4.79 Å². The van der Waals surface area contributed by atoms with Crippen molar-refractivity contribution in [2.24, 2.45) is 0 Å². The number of carbonyl (C=O) groups is 3. The third kappa shape index (κ3) is 3.68. The van der Waals surface area contributed by atoms with E-state index in [-0.39, 0.29) is 25.5 Å². The molecule has 8 heteroatoms. The van der Waals surface area contributed by atoms with Crippen molar-refractivity contribution >= 4 is 17.9 Å². The number of hydrogen-bond donors (Lipinski definition) is 3. The molecule has 3 amide bonds. The van der Waals surface area contributed by atoms with Gasteiger partial charge < -0.3 is 15.7 Å². The summed E-state index contributed by atoms with van der Waals surface area (Å²) < 4.78 is 0. The topological polar surface area (TPSA) is 112 Å². The fourth-order valence-electron chi connectivity index (χ4n) is 1.96. The number of hydrogen-bond acceptors (Lipinski definition) is 4. The molecule has 1 unspecified atom stereocenters. The van der Waals surface area contributed by atoms with Crippen molar-refractivity contribution in [3.8, 4) is 0 Å². The second kappa shape index (κ2) is 6.21. The molecule has 0 aliphatic carbocycles. The van der Waals surface area contributed by atoms with E-state index in [2.05, 4.69) is 15.6 Å². The van der Waals surface area contributed by atoms with Crippen LogP contribution in [0.15, 0.2) is 18.3 Å². The standard InChI is InChI=1S/C13H16N4O4/c1-8-2-3-9(4-14-8)5-16-13(21)17-7-11(18)15-6-10(17)12(19)20/h2-4,10H,5-7H2,1H3,(H,15,18)(H,16,21)(H,19,20). The summed E-state index contributed by atoms with van der Waals surface area (Å²) >= 11 is 0. The van der Waals surface area contributed by atoms with Gasteiger partial charge in [0.25, 0.3) is 0 Å². The van der Waals surface area contributed by atoms with E-state index in [1.54, 1.807) is 6.20 Å². The van der Waals surface area contributed by atoms with Gasteiger partial charge in [-0.05, 0) is 18.6 Å². The zero-order valence-electron chi connectivity index (χ0n) is 11.5. The van der Waals surface area contributed by atoms with Gasteiger partial charge in [0, 0.05) is 25.0 Å². The van der Waals surface area contributed by atoms with Gasteiger partial charge in [-0.3, -0.25) is 14.7 Å². The molecular weight excluding hydrogens is 276 g/mol. The first kappa shape index (κ1) is 14.8. The average molecular weight is 292 g/mol. The van der Waals surface area contributed by atoms with Crippen LogP contribution in [0.1, 0.15) is 11.3 Å². The van der Waals surface area contributed by atoms with Gasteiger partial charge in [0.2, 0.25) is 5.91 Å². The van der Waals surface area contributed by atoms with Crippen LogP contribution in [0.25, 0.3) is 0 Å². The molecule has 0 radical (unpaired) electrons. The molecule has 1 aliphatic rings. The second-order valence-electron chi connectivity index (χ2n) is 4.75. The number of piperazine rings is 1. The molecule has 2 rings (SSSR count). The highest BCUT2D eigenvalue weighted by Gasteiger charge is 2.35. The van der Waals surface area contributed by atoms with Crippen molar-refractivity contribution in [3.05, 3.63) is 29.6 Å². The Morgan fingerprint density at radius 3 is 2.90 bits per heavy atom. The molecule has 8 nitrogen and oxygen atoms in total. The maximum Gasteiger partial charge on any atom is 0.328 e. The zero-order chi connectivity index (χ0) is 15.4. The highest BCUT2D eigenvalue weighted by Crippen LogP contribution is 2.06. The Morgan fingerprint density at radius 1 is 1.52 bits per heavy atom. The molecule has 1 aromatic rings. The number of aromatic nitrogens is 1. The molecule has 1 fully saturated rings. The van der Waals surface area contributed by atoms with Crippen LogP contribution in [-0.4, -0.2) is 52.0 Å². The van der Waals surface area contributed by atoms with E-state index < -0.39 is 18.0 Å². The minimum absolute atomic E-state index is 0.0896. The number of pyridine rings is 1. The van der Waals surface area contributed by atoms with Crippen molar-refractivity contribution in [3.63, 3.8) is 0 Å². The third-order valence-electron chi connectivity index (χ3n) is 3.15. The first-order valence-electron chi connectivity index (χ1n) is 6.43. The average Bonchev–Trinajstić information content (AvgIpc) is 2.46. The monoisotopic (exact) mass is 292 g/mol. The molecule has 0 saturated carbocycles. The number of aryl methyl sites for hydroxylation is 1. The number of nitrogens with zero attached hydrogens (tertiary/aromatic N) is 2. The summed E-state index contributed by atoms with van der Waals surface area (Å²) in [5.41, 5.74) is 1.66. The van der Waals surface area contributed by atoms with Crippen LogP contribution in [0, 0.1) is 6.92 Å². The smallest absolute Gasteiger partial charge is 0.328 e. The predicted octanol–water partition coefficient (Wildman–Crippen LogP) is -0.515. The van der Waals surface area contributed by atoms with Gasteiger partial charge in [-0.1, -0.05) is 6.07 Å². The Balaban J connectivity index is 1.98. The normalized spacial score (nSPS) is 18.0. The molecule has 0 aromatic carbocycles. The SMILES string of the molecule is Cc1ccc(CNC(=O)N2CC(=O)NCC2C(=O)O)cn1. The molecule has 0 spiro atoms. The van der Waals surface area contributed by atoms with E-state index >= 15 is 0 Å². The molecule has 1 saturated heterocycles. The van der Waals surface area contributed by atoms with Gasteiger partial charge in [-0.15, -0.1) is 0 Å². The minimum Gasteiger partial charge on any atom is -0.480 e. The number of nitrogens with one attached hydrogen (secondary N) is 2. The van der Waals surface area contributed by atoms with Crippen molar-refractivity contribution in [2.45, 2.75) is 19.5 Å². The highest BCUT2D eigenvalue weighted by atomic mass is 16.4. The van der Waals surface area contributed by atoms with Crippen molar-refractivity contribution in [2.75, 3.05) is 13.1 Å². The molecular formula is C13H16N4O4. The maximum absolute atomic E-state index is 12.0. The molecule has 21 heavy (non-hydrogen) atoms. The van der Waals surface area contributed by atoms with Crippen LogP contribution in [0.3, 0.4) is 0 Å². The summed E-state index contributed by atoms with van der Waals surface area (Å²) in [4.78, 5) is 39.6. The Kier molecular flexibility index (Phi) is 4.36. The summed E-state index contributed by atoms with van der Waals surface area (Å²) in [5, 5.41) is 14.1. The van der Waals surface area contributed by atoms with Gasteiger partial charge in [0.05, 0.1) is 0 Å². The minimum atomic E-state index is -1.15. The van der Waals surface area contributed by atoms with Crippen LogP contribution < -0.4 is 10.6 Å². The van der Waals surface area contributed by atoms with Crippen LogP contribution >= 0.6 is 0 Å². The quantitative estimate of drug-likeness (QED) is 0.694. The van der Waals surface area contributed by atoms with Gasteiger partial charge >= 0.3 is 12.0 Å². The molecule has 1 aliphatic heterocycles. The third-order valence-corrected chi connectivity index (χ3v) is 3.15. The lowest BCUT2D eigenvalue weighted by Crippen LogP contribution is -2.61. The van der Waals surface area contributed by atoms with Crippen LogP contribution in [0.2, 0.25) is 0 Å². The Hall–Kier alpha value is -2.64. The van der Waals surface area contributed by atoms with E-state index in [0.717, 1.165) is 16.2 Å². The van der Waals surface area contributed by atoms with Gasteiger partial charge in [0.15, 0.2) is 0 Å². The number of carbonyl (C=O) groups excluding carboxylic acids is 2. The first-order valence-corrected chi connectivity index (χ1v) is 6.43. The number of urea groups is 1. The molecule has 3 N–H and O–H groups in total. The summed E-state index contributed by atoms with van der Waals surface area (Å²) in [6.45, 7) is 1.71. The van der Waals surface area contributed by atoms with Crippen molar-refractivity contribution in [1.82, 2.24) is 20.5 Å².